The van der Waals surface area contributed by atoms with Crippen LogP contribution in [0.4, 0.5) is 0 Å². The Morgan fingerprint density at radius 1 is 1.44 bits per heavy atom. The van der Waals surface area contributed by atoms with Crippen molar-refractivity contribution < 1.29 is 4.74 Å². The topological polar surface area (TPSA) is 67.0 Å². The number of aromatic amines is 1. The number of hydrogen-bond acceptors (Lipinski definition) is 4. The third kappa shape index (κ3) is 4.58. The van der Waals surface area contributed by atoms with Crippen molar-refractivity contribution in [3.8, 4) is 0 Å². The quantitative estimate of drug-likeness (QED) is 0.693. The van der Waals surface area contributed by atoms with Gasteiger partial charge in [-0.2, -0.15) is 0 Å². The molecule has 0 saturated heterocycles. The van der Waals surface area contributed by atoms with Gasteiger partial charge in [0, 0.05) is 19.2 Å². The number of nitrogens with one attached hydrogen (secondary N) is 2. The molecule has 0 amide bonds. The van der Waals surface area contributed by atoms with Crippen LogP contribution < -0.4 is 10.9 Å². The van der Waals surface area contributed by atoms with Crippen molar-refractivity contribution >= 4 is 0 Å². The zero-order chi connectivity index (χ0) is 13.4. The van der Waals surface area contributed by atoms with Crippen LogP contribution in [0, 0.1) is 0 Å². The molecule has 102 valence electrons. The molecule has 0 aliphatic carbocycles. The summed E-state index contributed by atoms with van der Waals surface area (Å²) in [7, 11) is 0. The smallest absolute Gasteiger partial charge is 0.251 e. The summed E-state index contributed by atoms with van der Waals surface area (Å²) in [5.41, 5.74) is 0.645. The molecular formula is C13H23N3O2. The molecule has 0 aliphatic heterocycles. The van der Waals surface area contributed by atoms with Crippen molar-refractivity contribution in [2.24, 2.45) is 0 Å². The summed E-state index contributed by atoms with van der Waals surface area (Å²) in [6.45, 7) is 8.21. The van der Waals surface area contributed by atoms with E-state index in [0.29, 0.717) is 19.0 Å². The number of hydrogen-bond donors (Lipinski definition) is 2. The van der Waals surface area contributed by atoms with Crippen molar-refractivity contribution in [3.63, 3.8) is 0 Å². The highest BCUT2D eigenvalue weighted by molar-refractivity contribution is 5.04. The van der Waals surface area contributed by atoms with Crippen LogP contribution in [0.15, 0.2) is 10.9 Å². The first kappa shape index (κ1) is 14.9. The Bertz CT molecular complexity index is 403. The lowest BCUT2D eigenvalue weighted by molar-refractivity contribution is 0.0531. The molecule has 18 heavy (non-hydrogen) atoms. The van der Waals surface area contributed by atoms with Gasteiger partial charge in [0.15, 0.2) is 0 Å². The number of aromatic nitrogens is 2. The first-order chi connectivity index (χ1) is 8.71. The second-order valence-electron chi connectivity index (χ2n) is 4.15. The van der Waals surface area contributed by atoms with E-state index < -0.39 is 0 Å². The Morgan fingerprint density at radius 3 is 2.83 bits per heavy atom. The van der Waals surface area contributed by atoms with E-state index in [-0.39, 0.29) is 11.7 Å². The number of ether oxygens (including phenoxy) is 1. The lowest BCUT2D eigenvalue weighted by Gasteiger charge is -2.14. The van der Waals surface area contributed by atoms with Gasteiger partial charge < -0.3 is 15.0 Å². The van der Waals surface area contributed by atoms with Crippen LogP contribution in [0.25, 0.3) is 0 Å². The minimum atomic E-state index is -0.131. The number of H-pyrrole nitrogens is 1. The highest BCUT2D eigenvalue weighted by Gasteiger charge is 2.12. The van der Waals surface area contributed by atoms with Gasteiger partial charge in [0.05, 0.1) is 5.69 Å². The van der Waals surface area contributed by atoms with E-state index in [1.54, 1.807) is 0 Å². The number of rotatable bonds is 8. The summed E-state index contributed by atoms with van der Waals surface area (Å²) < 4.78 is 5.56. The molecule has 1 aromatic rings. The second kappa shape index (κ2) is 8.00. The van der Waals surface area contributed by atoms with E-state index in [2.05, 4.69) is 22.2 Å². The van der Waals surface area contributed by atoms with Crippen LogP contribution in [-0.4, -0.2) is 23.1 Å². The largest absolute Gasteiger partial charge is 0.371 e. The maximum absolute atomic E-state index is 11.6. The molecule has 0 radical (unpaired) electrons. The van der Waals surface area contributed by atoms with E-state index >= 15 is 0 Å². The summed E-state index contributed by atoms with van der Waals surface area (Å²) in [4.78, 5) is 18.8. The van der Waals surface area contributed by atoms with Gasteiger partial charge in [0.1, 0.15) is 11.9 Å². The van der Waals surface area contributed by atoms with Crippen LogP contribution in [0.1, 0.15) is 51.2 Å². The molecule has 5 heteroatoms. The van der Waals surface area contributed by atoms with Gasteiger partial charge in [-0.25, -0.2) is 4.98 Å². The molecule has 0 fully saturated rings. The van der Waals surface area contributed by atoms with Crippen molar-refractivity contribution in [2.75, 3.05) is 13.2 Å². The average molecular weight is 253 g/mol. The van der Waals surface area contributed by atoms with Gasteiger partial charge in [-0.05, 0) is 26.3 Å². The Balaban J connectivity index is 2.82. The third-order valence-corrected chi connectivity index (χ3v) is 2.59. The van der Waals surface area contributed by atoms with E-state index in [1.165, 1.54) is 6.07 Å². The summed E-state index contributed by atoms with van der Waals surface area (Å²) in [6, 6.07) is 1.53. The summed E-state index contributed by atoms with van der Waals surface area (Å²) in [6.07, 6.45) is 1.73. The zero-order valence-corrected chi connectivity index (χ0v) is 11.5. The third-order valence-electron chi connectivity index (χ3n) is 2.59. The Labute approximate surface area is 108 Å². The maximum atomic E-state index is 11.6. The van der Waals surface area contributed by atoms with Gasteiger partial charge in [-0.15, -0.1) is 0 Å². The minimum Gasteiger partial charge on any atom is -0.371 e. The van der Waals surface area contributed by atoms with E-state index in [4.69, 9.17) is 4.74 Å². The minimum absolute atomic E-state index is 0.119. The molecule has 1 unspecified atom stereocenters. The predicted octanol–water partition coefficient (Wildman–Crippen LogP) is 1.76. The van der Waals surface area contributed by atoms with Crippen LogP contribution in [0.3, 0.4) is 0 Å². The molecule has 0 saturated carbocycles. The van der Waals surface area contributed by atoms with Gasteiger partial charge in [-0.1, -0.05) is 13.8 Å². The first-order valence-corrected chi connectivity index (χ1v) is 6.63. The standard InChI is InChI=1S/C13H23N3O2/c1-4-7-14-9-10-8-12(17)16-13(15-10)11(5-2)18-6-3/h8,11,14H,4-7,9H2,1-3H3,(H,15,16,17). The fraction of sp³-hybridized carbons (Fsp3) is 0.692. The molecule has 0 aromatic carbocycles. The Hall–Kier alpha value is -1.20. The van der Waals surface area contributed by atoms with Crippen LogP contribution in [0.5, 0.6) is 0 Å². The molecule has 0 bridgehead atoms. The summed E-state index contributed by atoms with van der Waals surface area (Å²) >= 11 is 0. The molecule has 1 rings (SSSR count). The van der Waals surface area contributed by atoms with E-state index in [1.807, 2.05) is 13.8 Å². The molecule has 0 spiro atoms. The molecule has 2 N–H and O–H groups in total. The first-order valence-electron chi connectivity index (χ1n) is 6.63. The van der Waals surface area contributed by atoms with Crippen molar-refractivity contribution in [2.45, 2.75) is 46.3 Å². The van der Waals surface area contributed by atoms with Crippen LogP contribution >= 0.6 is 0 Å². The predicted molar refractivity (Wildman–Crippen MR) is 71.5 cm³/mol. The second-order valence-corrected chi connectivity index (χ2v) is 4.15. The normalized spacial score (nSPS) is 12.6. The van der Waals surface area contributed by atoms with Crippen LogP contribution in [-0.2, 0) is 11.3 Å². The summed E-state index contributed by atoms with van der Waals surface area (Å²) in [5, 5.41) is 3.24. The zero-order valence-electron chi connectivity index (χ0n) is 11.5. The fourth-order valence-corrected chi connectivity index (χ4v) is 1.76. The molecule has 1 atom stereocenters. The highest BCUT2D eigenvalue weighted by Crippen LogP contribution is 2.15. The lowest BCUT2D eigenvalue weighted by Crippen LogP contribution is -2.21. The summed E-state index contributed by atoms with van der Waals surface area (Å²) in [5.74, 6) is 0.625. The van der Waals surface area contributed by atoms with Crippen molar-refractivity contribution in [1.82, 2.24) is 15.3 Å². The van der Waals surface area contributed by atoms with Gasteiger partial charge in [0.25, 0.3) is 5.56 Å². The molecule has 0 aliphatic rings. The molecule has 5 nitrogen and oxygen atoms in total. The maximum Gasteiger partial charge on any atom is 0.251 e. The molecule has 1 aromatic heterocycles. The number of nitrogens with zero attached hydrogens (tertiary/aromatic N) is 1. The van der Waals surface area contributed by atoms with E-state index in [0.717, 1.165) is 25.1 Å². The van der Waals surface area contributed by atoms with Gasteiger partial charge >= 0.3 is 0 Å². The Morgan fingerprint density at radius 2 is 2.22 bits per heavy atom. The fourth-order valence-electron chi connectivity index (χ4n) is 1.76. The average Bonchev–Trinajstić information content (AvgIpc) is 2.35. The van der Waals surface area contributed by atoms with Crippen molar-refractivity contribution in [1.29, 1.82) is 0 Å². The molecule has 1 heterocycles. The lowest BCUT2D eigenvalue weighted by atomic mass is 10.2. The van der Waals surface area contributed by atoms with Crippen molar-refractivity contribution in [3.05, 3.63) is 27.9 Å². The van der Waals surface area contributed by atoms with E-state index in [9.17, 15) is 4.79 Å². The van der Waals surface area contributed by atoms with Crippen LogP contribution in [0.2, 0.25) is 0 Å². The van der Waals surface area contributed by atoms with Gasteiger partial charge in [0.2, 0.25) is 0 Å². The van der Waals surface area contributed by atoms with Gasteiger partial charge in [-0.3, -0.25) is 4.79 Å². The highest BCUT2D eigenvalue weighted by atomic mass is 16.5. The monoisotopic (exact) mass is 253 g/mol. The SMILES string of the molecule is CCCNCc1cc(=O)[nH]c(C(CC)OCC)n1. The Kier molecular flexibility index (Phi) is 6.60. The molecular weight excluding hydrogens is 230 g/mol.